The standard InChI is InChI=1S/C23H26Si/c1-23(2,21-15-13-17-9-5-7-11-19(17)21)24(3,4)22-16-14-18-10-6-8-12-20(18)22/h5-16,21-22H,1-4H3. The second-order valence-electron chi connectivity index (χ2n) is 8.37. The highest BCUT2D eigenvalue weighted by atomic mass is 28.3. The zero-order chi connectivity index (χ0) is 16.9. The first kappa shape index (κ1) is 15.7. The van der Waals surface area contributed by atoms with Gasteiger partial charge in [-0.05, 0) is 32.8 Å². The van der Waals surface area contributed by atoms with E-state index in [9.17, 15) is 0 Å². The zero-order valence-corrected chi connectivity index (χ0v) is 16.1. The van der Waals surface area contributed by atoms with Crippen LogP contribution in [0.4, 0.5) is 0 Å². The molecule has 1 heteroatoms. The quantitative estimate of drug-likeness (QED) is 0.554. The van der Waals surface area contributed by atoms with E-state index < -0.39 is 8.07 Å². The van der Waals surface area contributed by atoms with Crippen LogP contribution in [-0.2, 0) is 0 Å². The van der Waals surface area contributed by atoms with Gasteiger partial charge in [0.05, 0.1) is 8.07 Å². The van der Waals surface area contributed by atoms with Crippen LogP contribution in [0.2, 0.25) is 18.1 Å². The van der Waals surface area contributed by atoms with Crippen LogP contribution in [0.3, 0.4) is 0 Å². The van der Waals surface area contributed by atoms with Crippen molar-refractivity contribution in [1.29, 1.82) is 0 Å². The summed E-state index contributed by atoms with van der Waals surface area (Å²) in [5, 5.41) is 0.280. The summed E-state index contributed by atoms with van der Waals surface area (Å²) in [4.78, 5) is 0. The largest absolute Gasteiger partial charge is 0.0791 e. The molecule has 0 bridgehead atoms. The van der Waals surface area contributed by atoms with E-state index in [1.165, 1.54) is 22.3 Å². The van der Waals surface area contributed by atoms with Gasteiger partial charge in [0.2, 0.25) is 0 Å². The van der Waals surface area contributed by atoms with Crippen LogP contribution < -0.4 is 0 Å². The molecule has 0 spiro atoms. The van der Waals surface area contributed by atoms with E-state index in [1.54, 1.807) is 0 Å². The van der Waals surface area contributed by atoms with Crippen molar-refractivity contribution in [3.63, 3.8) is 0 Å². The lowest BCUT2D eigenvalue weighted by Gasteiger charge is -2.48. The summed E-state index contributed by atoms with van der Waals surface area (Å²) in [5.74, 6) is 0.525. The molecule has 2 aliphatic carbocycles. The lowest BCUT2D eigenvalue weighted by atomic mass is 9.89. The molecule has 0 N–H and O–H groups in total. The molecule has 0 nitrogen and oxygen atoms in total. The first-order chi connectivity index (χ1) is 11.4. The van der Waals surface area contributed by atoms with Gasteiger partial charge in [-0.25, -0.2) is 0 Å². The predicted molar refractivity (Wildman–Crippen MR) is 108 cm³/mol. The Labute approximate surface area is 146 Å². The van der Waals surface area contributed by atoms with Crippen LogP contribution in [0.1, 0.15) is 47.6 Å². The van der Waals surface area contributed by atoms with Crippen LogP contribution in [0.25, 0.3) is 12.2 Å². The predicted octanol–water partition coefficient (Wildman–Crippen LogP) is 6.64. The lowest BCUT2D eigenvalue weighted by molar-refractivity contribution is 0.572. The smallest absolute Gasteiger partial charge is 0.0661 e. The van der Waals surface area contributed by atoms with E-state index in [0.29, 0.717) is 11.5 Å². The Morgan fingerprint density at radius 1 is 0.750 bits per heavy atom. The molecule has 0 amide bonds. The molecule has 2 unspecified atom stereocenters. The first-order valence-electron chi connectivity index (χ1n) is 8.97. The molecule has 2 aliphatic rings. The number of allylic oxidation sites excluding steroid dienone is 2. The van der Waals surface area contributed by atoms with Gasteiger partial charge in [0.1, 0.15) is 0 Å². The minimum atomic E-state index is -1.62. The fourth-order valence-electron chi connectivity index (χ4n) is 4.56. The van der Waals surface area contributed by atoms with E-state index in [0.717, 1.165) is 0 Å². The first-order valence-corrected chi connectivity index (χ1v) is 12.0. The van der Waals surface area contributed by atoms with Crippen molar-refractivity contribution >= 4 is 20.2 Å². The fourth-order valence-corrected chi connectivity index (χ4v) is 8.03. The van der Waals surface area contributed by atoms with Crippen molar-refractivity contribution in [3.05, 3.63) is 82.9 Å². The Morgan fingerprint density at radius 3 is 2.00 bits per heavy atom. The molecular formula is C23H26Si. The molecule has 2 aromatic carbocycles. The Balaban J connectivity index is 1.75. The van der Waals surface area contributed by atoms with Crippen molar-refractivity contribution in [2.45, 2.75) is 43.4 Å². The Kier molecular flexibility index (Phi) is 3.47. The number of hydrogen-bond donors (Lipinski definition) is 0. The lowest BCUT2D eigenvalue weighted by Crippen LogP contribution is -2.46. The molecule has 0 saturated carbocycles. The maximum absolute atomic E-state index is 2.58. The van der Waals surface area contributed by atoms with Crippen molar-refractivity contribution < 1.29 is 0 Å². The van der Waals surface area contributed by atoms with Crippen LogP contribution in [0.5, 0.6) is 0 Å². The highest BCUT2D eigenvalue weighted by Gasteiger charge is 2.50. The van der Waals surface area contributed by atoms with Gasteiger partial charge in [-0.15, -0.1) is 0 Å². The summed E-state index contributed by atoms with van der Waals surface area (Å²) in [5.41, 5.74) is 6.48. The van der Waals surface area contributed by atoms with E-state index >= 15 is 0 Å². The van der Waals surface area contributed by atoms with E-state index in [-0.39, 0.29) is 5.04 Å². The van der Waals surface area contributed by atoms with Gasteiger partial charge >= 0.3 is 0 Å². The molecule has 0 aliphatic heterocycles. The topological polar surface area (TPSA) is 0 Å². The van der Waals surface area contributed by atoms with Crippen LogP contribution in [-0.4, -0.2) is 8.07 Å². The molecule has 2 atom stereocenters. The van der Waals surface area contributed by atoms with Gasteiger partial charge < -0.3 is 0 Å². The zero-order valence-electron chi connectivity index (χ0n) is 15.1. The second kappa shape index (κ2) is 5.32. The Bertz CT molecular complexity index is 767. The van der Waals surface area contributed by atoms with Crippen molar-refractivity contribution in [1.82, 2.24) is 0 Å². The summed E-state index contributed by atoms with van der Waals surface area (Å²) in [7, 11) is -1.62. The fraction of sp³-hybridized carbons (Fsp3) is 0.304. The number of hydrogen-bond acceptors (Lipinski definition) is 0. The number of fused-ring (bicyclic) bond motifs is 2. The van der Waals surface area contributed by atoms with Crippen LogP contribution in [0, 0.1) is 0 Å². The molecule has 0 heterocycles. The van der Waals surface area contributed by atoms with Crippen LogP contribution in [0.15, 0.2) is 60.7 Å². The third-order valence-electron chi connectivity index (χ3n) is 6.81. The third-order valence-corrected chi connectivity index (χ3v) is 12.5. The molecule has 24 heavy (non-hydrogen) atoms. The molecule has 122 valence electrons. The van der Waals surface area contributed by atoms with Crippen molar-refractivity contribution in [3.8, 4) is 0 Å². The highest BCUT2D eigenvalue weighted by molar-refractivity contribution is 6.82. The van der Waals surface area contributed by atoms with Gasteiger partial charge in [0.25, 0.3) is 0 Å². The highest BCUT2D eigenvalue weighted by Crippen LogP contribution is 2.58. The third kappa shape index (κ3) is 2.11. The number of benzene rings is 2. The van der Waals surface area contributed by atoms with Gasteiger partial charge in [0, 0.05) is 5.92 Å². The molecular weight excluding hydrogens is 304 g/mol. The second-order valence-corrected chi connectivity index (χ2v) is 13.7. The van der Waals surface area contributed by atoms with Gasteiger partial charge in [-0.1, -0.05) is 99.8 Å². The van der Waals surface area contributed by atoms with E-state index in [4.69, 9.17) is 0 Å². The molecule has 0 aromatic heterocycles. The average molecular weight is 331 g/mol. The summed E-state index contributed by atoms with van der Waals surface area (Å²) in [6.45, 7) is 10.2. The maximum atomic E-state index is 2.58. The SMILES string of the molecule is CC(C)(C1C=Cc2ccccc21)[Si](C)(C)C1C=Cc2ccccc21. The summed E-state index contributed by atoms with van der Waals surface area (Å²) in [6, 6.07) is 17.9. The maximum Gasteiger partial charge on any atom is 0.0661 e. The molecule has 0 fully saturated rings. The minimum Gasteiger partial charge on any atom is -0.0791 e. The minimum absolute atomic E-state index is 0.280. The van der Waals surface area contributed by atoms with Crippen LogP contribution >= 0.6 is 0 Å². The summed E-state index contributed by atoms with van der Waals surface area (Å²) in [6.07, 6.45) is 9.58. The normalized spacial score (nSPS) is 21.8. The summed E-state index contributed by atoms with van der Waals surface area (Å²) < 4.78 is 0. The van der Waals surface area contributed by atoms with E-state index in [2.05, 4.69) is 99.8 Å². The molecule has 4 rings (SSSR count). The number of rotatable bonds is 3. The van der Waals surface area contributed by atoms with Crippen molar-refractivity contribution in [2.24, 2.45) is 0 Å². The van der Waals surface area contributed by atoms with Crippen molar-refractivity contribution in [2.75, 3.05) is 0 Å². The average Bonchev–Trinajstić information content (AvgIpc) is 3.19. The Hall–Kier alpha value is -1.86. The molecule has 2 aromatic rings. The van der Waals surface area contributed by atoms with Gasteiger partial charge in [-0.2, -0.15) is 0 Å². The van der Waals surface area contributed by atoms with E-state index in [1.807, 2.05) is 0 Å². The van der Waals surface area contributed by atoms with Gasteiger partial charge in [-0.3, -0.25) is 0 Å². The van der Waals surface area contributed by atoms with Gasteiger partial charge in [0.15, 0.2) is 0 Å². The summed E-state index contributed by atoms with van der Waals surface area (Å²) >= 11 is 0. The monoisotopic (exact) mass is 330 g/mol. The Morgan fingerprint density at radius 2 is 1.29 bits per heavy atom. The molecule has 0 saturated heterocycles. The molecule has 0 radical (unpaired) electrons.